The van der Waals surface area contributed by atoms with Crippen LogP contribution in [0, 0.1) is 11.8 Å². The second-order valence-electron chi connectivity index (χ2n) is 5.40. The van der Waals surface area contributed by atoms with Gasteiger partial charge in [-0.25, -0.2) is 0 Å². The van der Waals surface area contributed by atoms with Gasteiger partial charge in [0.2, 0.25) is 0 Å². The van der Waals surface area contributed by atoms with Gasteiger partial charge in [0.05, 0.1) is 5.60 Å². The number of aliphatic hydroxyl groups is 1. The molecule has 0 aromatic carbocycles. The third-order valence-electron chi connectivity index (χ3n) is 3.65. The summed E-state index contributed by atoms with van der Waals surface area (Å²) < 4.78 is 0. The summed E-state index contributed by atoms with van der Waals surface area (Å²) in [5, 5.41) is 13.2. The molecule has 1 fully saturated rings. The number of rotatable bonds is 5. The van der Waals surface area contributed by atoms with Crippen LogP contribution in [-0.4, -0.2) is 23.3 Å². The summed E-state index contributed by atoms with van der Waals surface area (Å²) in [6, 6.07) is 0.653. The minimum absolute atomic E-state index is 0.525. The molecule has 84 valence electrons. The fourth-order valence-electron chi connectivity index (χ4n) is 1.86. The van der Waals surface area contributed by atoms with Crippen LogP contribution in [0.2, 0.25) is 0 Å². The highest BCUT2D eigenvalue weighted by atomic mass is 16.3. The van der Waals surface area contributed by atoms with Crippen molar-refractivity contribution in [2.45, 2.75) is 58.6 Å². The van der Waals surface area contributed by atoms with Crippen molar-refractivity contribution in [3.63, 3.8) is 0 Å². The van der Waals surface area contributed by atoms with Crippen molar-refractivity contribution >= 4 is 0 Å². The van der Waals surface area contributed by atoms with E-state index in [-0.39, 0.29) is 0 Å². The predicted molar refractivity (Wildman–Crippen MR) is 60.3 cm³/mol. The van der Waals surface area contributed by atoms with Gasteiger partial charge < -0.3 is 10.4 Å². The molecule has 1 atom stereocenters. The first-order chi connectivity index (χ1) is 6.44. The molecule has 2 heteroatoms. The third-order valence-corrected chi connectivity index (χ3v) is 3.65. The molecule has 0 aliphatic heterocycles. The molecule has 0 aromatic heterocycles. The molecule has 0 bridgehead atoms. The first-order valence-electron chi connectivity index (χ1n) is 5.90. The molecule has 1 rings (SSSR count). The van der Waals surface area contributed by atoms with Gasteiger partial charge in [-0.2, -0.15) is 0 Å². The first-order valence-corrected chi connectivity index (χ1v) is 5.90. The fraction of sp³-hybridized carbons (Fsp3) is 1.00. The van der Waals surface area contributed by atoms with Gasteiger partial charge >= 0.3 is 0 Å². The molecule has 0 heterocycles. The summed E-state index contributed by atoms with van der Waals surface area (Å²) >= 11 is 0. The summed E-state index contributed by atoms with van der Waals surface area (Å²) in [6.45, 7) is 9.25. The highest BCUT2D eigenvalue weighted by Crippen LogP contribution is 2.33. The van der Waals surface area contributed by atoms with Gasteiger partial charge in [-0.3, -0.25) is 0 Å². The molecule has 14 heavy (non-hydrogen) atoms. The zero-order chi connectivity index (χ0) is 10.8. The lowest BCUT2D eigenvalue weighted by Crippen LogP contribution is -2.48. The van der Waals surface area contributed by atoms with Crippen LogP contribution in [0.3, 0.4) is 0 Å². The first kappa shape index (κ1) is 12.0. The minimum Gasteiger partial charge on any atom is -0.389 e. The molecule has 1 aliphatic carbocycles. The Kier molecular flexibility index (Phi) is 3.96. The fourth-order valence-corrected chi connectivity index (χ4v) is 1.86. The van der Waals surface area contributed by atoms with Crippen molar-refractivity contribution in [3.8, 4) is 0 Å². The zero-order valence-electron chi connectivity index (χ0n) is 10.0. The molecule has 1 saturated carbocycles. The number of hydrogen-bond donors (Lipinski definition) is 2. The van der Waals surface area contributed by atoms with Crippen LogP contribution in [0.5, 0.6) is 0 Å². The van der Waals surface area contributed by atoms with E-state index in [1.807, 2.05) is 13.8 Å². The van der Waals surface area contributed by atoms with Crippen LogP contribution >= 0.6 is 0 Å². The van der Waals surface area contributed by atoms with Gasteiger partial charge in [-0.1, -0.05) is 20.8 Å². The maximum atomic E-state index is 9.80. The van der Waals surface area contributed by atoms with Gasteiger partial charge in [0.25, 0.3) is 0 Å². The van der Waals surface area contributed by atoms with Crippen molar-refractivity contribution in [2.75, 3.05) is 6.54 Å². The highest BCUT2D eigenvalue weighted by molar-refractivity contribution is 4.88. The summed E-state index contributed by atoms with van der Waals surface area (Å²) in [4.78, 5) is 0. The summed E-state index contributed by atoms with van der Waals surface area (Å²) in [5.74, 6) is 1.72. The molecule has 0 saturated heterocycles. The number of nitrogens with one attached hydrogen (secondary N) is 1. The Hall–Kier alpha value is -0.0800. The summed E-state index contributed by atoms with van der Waals surface area (Å²) in [6.07, 6.45) is 3.40. The van der Waals surface area contributed by atoms with Crippen LogP contribution in [-0.2, 0) is 0 Å². The quantitative estimate of drug-likeness (QED) is 0.711. The standard InChI is InChI=1S/C12H25NO/c1-5-12(4,14)8-13-11-6-10(7-11)9(2)3/h9-11,13-14H,5-8H2,1-4H3. The summed E-state index contributed by atoms with van der Waals surface area (Å²) in [5.41, 5.74) is -0.525. The van der Waals surface area contributed by atoms with Gasteiger partial charge in [-0.15, -0.1) is 0 Å². The Balaban J connectivity index is 2.12. The second-order valence-corrected chi connectivity index (χ2v) is 5.40. The highest BCUT2D eigenvalue weighted by Gasteiger charge is 2.31. The largest absolute Gasteiger partial charge is 0.389 e. The maximum absolute atomic E-state index is 9.80. The molecular formula is C12H25NO. The average molecular weight is 199 g/mol. The van der Waals surface area contributed by atoms with Crippen molar-refractivity contribution in [3.05, 3.63) is 0 Å². The second kappa shape index (κ2) is 4.63. The third kappa shape index (κ3) is 3.25. The molecule has 2 nitrogen and oxygen atoms in total. The molecule has 0 aromatic rings. The van der Waals surface area contributed by atoms with Crippen LogP contribution < -0.4 is 5.32 Å². The smallest absolute Gasteiger partial charge is 0.0741 e. The van der Waals surface area contributed by atoms with E-state index >= 15 is 0 Å². The average Bonchev–Trinajstić information content (AvgIpc) is 2.00. The SMILES string of the molecule is CCC(C)(O)CNC1CC(C(C)C)C1. The van der Waals surface area contributed by atoms with Gasteiger partial charge in [0.1, 0.15) is 0 Å². The van der Waals surface area contributed by atoms with Crippen LogP contribution in [0.15, 0.2) is 0 Å². The van der Waals surface area contributed by atoms with E-state index < -0.39 is 5.60 Å². The lowest BCUT2D eigenvalue weighted by atomic mass is 9.73. The van der Waals surface area contributed by atoms with Crippen molar-refractivity contribution in [1.29, 1.82) is 0 Å². The van der Waals surface area contributed by atoms with E-state index in [2.05, 4.69) is 19.2 Å². The molecular weight excluding hydrogens is 174 g/mol. The van der Waals surface area contributed by atoms with Crippen LogP contribution in [0.25, 0.3) is 0 Å². The van der Waals surface area contributed by atoms with E-state index in [0.717, 1.165) is 24.8 Å². The van der Waals surface area contributed by atoms with Crippen molar-refractivity contribution in [1.82, 2.24) is 5.32 Å². The monoisotopic (exact) mass is 199 g/mol. The maximum Gasteiger partial charge on any atom is 0.0741 e. The van der Waals surface area contributed by atoms with Gasteiger partial charge in [0, 0.05) is 12.6 Å². The lowest BCUT2D eigenvalue weighted by molar-refractivity contribution is 0.0429. The van der Waals surface area contributed by atoms with E-state index in [1.54, 1.807) is 0 Å². The van der Waals surface area contributed by atoms with Crippen LogP contribution in [0.4, 0.5) is 0 Å². The Morgan fingerprint density at radius 3 is 2.43 bits per heavy atom. The Labute approximate surface area is 88.1 Å². The number of hydrogen-bond acceptors (Lipinski definition) is 2. The van der Waals surface area contributed by atoms with E-state index in [0.29, 0.717) is 6.04 Å². The lowest BCUT2D eigenvalue weighted by Gasteiger charge is -2.40. The molecule has 1 unspecified atom stereocenters. The van der Waals surface area contributed by atoms with E-state index in [4.69, 9.17) is 0 Å². The molecule has 2 N–H and O–H groups in total. The Morgan fingerprint density at radius 2 is 2.00 bits per heavy atom. The Bertz CT molecular complexity index is 171. The minimum atomic E-state index is -0.525. The van der Waals surface area contributed by atoms with Gasteiger partial charge in [0.15, 0.2) is 0 Å². The van der Waals surface area contributed by atoms with Crippen molar-refractivity contribution < 1.29 is 5.11 Å². The molecule has 0 amide bonds. The van der Waals surface area contributed by atoms with E-state index in [1.165, 1.54) is 12.8 Å². The predicted octanol–water partition coefficient (Wildman–Crippen LogP) is 2.17. The summed E-state index contributed by atoms with van der Waals surface area (Å²) in [7, 11) is 0. The molecule has 0 radical (unpaired) electrons. The molecule has 0 spiro atoms. The van der Waals surface area contributed by atoms with E-state index in [9.17, 15) is 5.11 Å². The zero-order valence-corrected chi connectivity index (χ0v) is 10.0. The molecule has 1 aliphatic rings. The normalized spacial score (nSPS) is 31.3. The van der Waals surface area contributed by atoms with Crippen molar-refractivity contribution in [2.24, 2.45) is 11.8 Å². The van der Waals surface area contributed by atoms with Gasteiger partial charge in [-0.05, 0) is 38.0 Å². The van der Waals surface area contributed by atoms with Crippen LogP contribution in [0.1, 0.15) is 47.0 Å². The Morgan fingerprint density at radius 1 is 1.43 bits per heavy atom. The topological polar surface area (TPSA) is 32.3 Å².